The summed E-state index contributed by atoms with van der Waals surface area (Å²) >= 11 is 0. The van der Waals surface area contributed by atoms with E-state index in [2.05, 4.69) is 0 Å². The minimum absolute atomic E-state index is 0.145. The molecule has 17 heavy (non-hydrogen) atoms. The molecular formula is C9H21NO6S. The molecule has 0 aromatic heterocycles. The molecular weight excluding hydrogens is 250 g/mol. The van der Waals surface area contributed by atoms with Crippen LogP contribution in [0.2, 0.25) is 0 Å². The van der Waals surface area contributed by atoms with Crippen LogP contribution in [0, 0.1) is 0 Å². The summed E-state index contributed by atoms with van der Waals surface area (Å²) in [5.74, 6) is -0.663. The topological polar surface area (TPSA) is 96.3 Å². The van der Waals surface area contributed by atoms with Crippen LogP contribution in [-0.2, 0) is 19.6 Å². The Bertz CT molecular complexity index is 273. The summed E-state index contributed by atoms with van der Waals surface area (Å²) in [6.45, 7) is 2.21. The number of hydrogen-bond donors (Lipinski definition) is 2. The van der Waals surface area contributed by atoms with E-state index in [1.54, 1.807) is 14.2 Å². The van der Waals surface area contributed by atoms with Crippen LogP contribution in [0.25, 0.3) is 0 Å². The van der Waals surface area contributed by atoms with Gasteiger partial charge in [0, 0.05) is 33.9 Å². The predicted octanol–water partition coefficient (Wildman–Crippen LogP) is -1.17. The van der Waals surface area contributed by atoms with Gasteiger partial charge < -0.3 is 14.6 Å². The minimum Gasteiger partial charge on any atom is -0.391 e. The van der Waals surface area contributed by atoms with Crippen molar-refractivity contribution in [3.8, 4) is 0 Å². The average molecular weight is 271 g/mol. The van der Waals surface area contributed by atoms with Crippen molar-refractivity contribution in [3.63, 3.8) is 0 Å². The first-order chi connectivity index (χ1) is 7.89. The van der Waals surface area contributed by atoms with Crippen LogP contribution in [0.3, 0.4) is 0 Å². The van der Waals surface area contributed by atoms with E-state index in [0.717, 1.165) is 0 Å². The van der Waals surface area contributed by atoms with Gasteiger partial charge in [-0.25, -0.2) is 0 Å². The van der Waals surface area contributed by atoms with Crippen molar-refractivity contribution in [1.82, 2.24) is 4.90 Å². The van der Waals surface area contributed by atoms with E-state index in [4.69, 9.17) is 14.0 Å². The summed E-state index contributed by atoms with van der Waals surface area (Å²) < 4.78 is 39.6. The first kappa shape index (κ1) is 16.8. The van der Waals surface area contributed by atoms with Crippen molar-refractivity contribution in [1.29, 1.82) is 0 Å². The van der Waals surface area contributed by atoms with E-state index in [-0.39, 0.29) is 6.54 Å². The van der Waals surface area contributed by atoms with Crippen molar-refractivity contribution in [3.05, 3.63) is 0 Å². The Hall–Kier alpha value is -0.250. The normalized spacial score (nSPS) is 14.2. The zero-order valence-corrected chi connectivity index (χ0v) is 11.0. The molecule has 0 bridgehead atoms. The lowest BCUT2D eigenvalue weighted by Gasteiger charge is -2.23. The molecule has 0 aliphatic heterocycles. The lowest BCUT2D eigenvalue weighted by Crippen LogP contribution is -2.39. The summed E-state index contributed by atoms with van der Waals surface area (Å²) in [7, 11) is -1.03. The lowest BCUT2D eigenvalue weighted by atomic mass is 10.3. The van der Waals surface area contributed by atoms with Gasteiger partial charge in [0.05, 0.1) is 19.3 Å². The Balaban J connectivity index is 4.11. The molecule has 0 aliphatic rings. The molecule has 0 aliphatic carbocycles. The van der Waals surface area contributed by atoms with Crippen LogP contribution in [0.1, 0.15) is 0 Å². The number of ether oxygens (including phenoxy) is 2. The van der Waals surface area contributed by atoms with Gasteiger partial charge in [-0.15, -0.1) is 0 Å². The maximum absolute atomic E-state index is 10.6. The number of methoxy groups -OCH3 is 2. The van der Waals surface area contributed by atoms with Crippen LogP contribution in [0.15, 0.2) is 0 Å². The first-order valence-corrected chi connectivity index (χ1v) is 6.83. The molecule has 1 atom stereocenters. The van der Waals surface area contributed by atoms with Gasteiger partial charge in [0.2, 0.25) is 0 Å². The van der Waals surface area contributed by atoms with Crippen molar-refractivity contribution in [2.75, 3.05) is 52.8 Å². The van der Waals surface area contributed by atoms with Gasteiger partial charge >= 0.3 is 0 Å². The summed E-state index contributed by atoms with van der Waals surface area (Å²) in [6.07, 6.45) is -1.13. The molecule has 0 amide bonds. The molecule has 104 valence electrons. The average Bonchev–Trinajstić information content (AvgIpc) is 2.19. The summed E-state index contributed by atoms with van der Waals surface area (Å²) in [5, 5.41) is 9.49. The zero-order chi connectivity index (χ0) is 13.3. The van der Waals surface area contributed by atoms with Crippen molar-refractivity contribution in [2.24, 2.45) is 0 Å². The number of aliphatic hydroxyl groups excluding tert-OH is 1. The predicted molar refractivity (Wildman–Crippen MR) is 62.6 cm³/mol. The van der Waals surface area contributed by atoms with Gasteiger partial charge in [0.1, 0.15) is 5.75 Å². The van der Waals surface area contributed by atoms with Crippen LogP contribution < -0.4 is 0 Å². The maximum atomic E-state index is 10.6. The van der Waals surface area contributed by atoms with E-state index >= 15 is 0 Å². The third-order valence-corrected chi connectivity index (χ3v) is 2.90. The molecule has 0 aromatic carbocycles. The van der Waals surface area contributed by atoms with Crippen molar-refractivity contribution >= 4 is 10.1 Å². The second kappa shape index (κ2) is 8.78. The van der Waals surface area contributed by atoms with E-state index < -0.39 is 22.0 Å². The molecule has 0 heterocycles. The quantitative estimate of drug-likeness (QED) is 0.483. The lowest BCUT2D eigenvalue weighted by molar-refractivity contribution is 0.0772. The fraction of sp³-hybridized carbons (Fsp3) is 1.00. The Morgan fingerprint density at radius 2 is 1.65 bits per heavy atom. The fourth-order valence-electron chi connectivity index (χ4n) is 1.33. The Labute approximate surface area is 102 Å². The Morgan fingerprint density at radius 1 is 1.18 bits per heavy atom. The molecule has 0 spiro atoms. The van der Waals surface area contributed by atoms with Crippen molar-refractivity contribution < 1.29 is 27.6 Å². The Morgan fingerprint density at radius 3 is 2.00 bits per heavy atom. The molecule has 0 rings (SSSR count). The summed E-state index contributed by atoms with van der Waals surface area (Å²) in [4.78, 5) is 1.81. The fourth-order valence-corrected chi connectivity index (χ4v) is 1.92. The third kappa shape index (κ3) is 10.6. The highest BCUT2D eigenvalue weighted by Gasteiger charge is 2.17. The maximum Gasteiger partial charge on any atom is 0.267 e. The molecule has 7 nitrogen and oxygen atoms in total. The first-order valence-electron chi connectivity index (χ1n) is 5.22. The van der Waals surface area contributed by atoms with Crippen LogP contribution in [-0.4, -0.2) is 81.9 Å². The number of nitrogens with zero attached hydrogens (tertiary/aromatic N) is 1. The highest BCUT2D eigenvalue weighted by Crippen LogP contribution is 1.97. The highest BCUT2D eigenvalue weighted by molar-refractivity contribution is 7.85. The molecule has 0 aromatic rings. The molecule has 0 saturated heterocycles. The molecule has 0 saturated carbocycles. The molecule has 2 N–H and O–H groups in total. The van der Waals surface area contributed by atoms with Crippen LogP contribution >= 0.6 is 0 Å². The molecule has 0 fully saturated rings. The summed E-state index contributed by atoms with van der Waals surface area (Å²) in [6, 6.07) is 0. The summed E-state index contributed by atoms with van der Waals surface area (Å²) in [5.41, 5.74) is 0. The second-order valence-corrected chi connectivity index (χ2v) is 5.19. The largest absolute Gasteiger partial charge is 0.391 e. The highest BCUT2D eigenvalue weighted by atomic mass is 32.2. The van der Waals surface area contributed by atoms with Gasteiger partial charge in [-0.2, -0.15) is 8.42 Å². The number of aliphatic hydroxyl groups is 1. The van der Waals surface area contributed by atoms with Gasteiger partial charge in [-0.3, -0.25) is 9.45 Å². The monoisotopic (exact) mass is 271 g/mol. The van der Waals surface area contributed by atoms with E-state index in [0.29, 0.717) is 26.3 Å². The van der Waals surface area contributed by atoms with Crippen LogP contribution in [0.5, 0.6) is 0 Å². The molecule has 8 heteroatoms. The van der Waals surface area contributed by atoms with E-state index in [1.165, 1.54) is 0 Å². The standard InChI is InChI=1S/C9H21NO6S/c1-15-5-3-10(4-6-16-2)7-9(11)8-17(12,13)14/h9,11H,3-8H2,1-2H3,(H,12,13,14). The zero-order valence-electron chi connectivity index (χ0n) is 10.2. The molecule has 0 radical (unpaired) electrons. The van der Waals surface area contributed by atoms with Gasteiger partial charge in [-0.05, 0) is 0 Å². The van der Waals surface area contributed by atoms with E-state index in [1.807, 2.05) is 4.90 Å². The minimum atomic E-state index is -4.15. The van der Waals surface area contributed by atoms with Crippen LogP contribution in [0.4, 0.5) is 0 Å². The van der Waals surface area contributed by atoms with Gasteiger partial charge in [0.15, 0.2) is 0 Å². The number of hydrogen-bond acceptors (Lipinski definition) is 6. The Kier molecular flexibility index (Phi) is 8.66. The van der Waals surface area contributed by atoms with Gasteiger partial charge in [0.25, 0.3) is 10.1 Å². The van der Waals surface area contributed by atoms with Crippen molar-refractivity contribution in [2.45, 2.75) is 6.10 Å². The van der Waals surface area contributed by atoms with E-state index in [9.17, 15) is 13.5 Å². The molecule has 1 unspecified atom stereocenters. The van der Waals surface area contributed by atoms with Gasteiger partial charge in [-0.1, -0.05) is 0 Å². The SMILES string of the molecule is COCCN(CCOC)CC(O)CS(=O)(=O)O. The smallest absolute Gasteiger partial charge is 0.267 e. The number of rotatable bonds is 10. The second-order valence-electron chi connectivity index (χ2n) is 3.69. The third-order valence-electron chi connectivity index (χ3n) is 2.10.